The van der Waals surface area contributed by atoms with Crippen LogP contribution in [0.5, 0.6) is 0 Å². The van der Waals surface area contributed by atoms with Crippen molar-refractivity contribution < 1.29 is 164 Å². The molecule has 6 aromatic rings. The van der Waals surface area contributed by atoms with Gasteiger partial charge in [0.2, 0.25) is 17.7 Å². The second-order valence-corrected chi connectivity index (χ2v) is 26.7. The molecule has 0 bridgehead atoms. The van der Waals surface area contributed by atoms with E-state index in [0.717, 1.165) is 34.0 Å². The van der Waals surface area contributed by atoms with E-state index in [-0.39, 0.29) is 66.9 Å². The first-order chi connectivity index (χ1) is 53.6. The van der Waals surface area contributed by atoms with Crippen LogP contribution in [0, 0.1) is 0 Å². The van der Waals surface area contributed by atoms with Crippen LogP contribution in [0.25, 0.3) is 0 Å². The summed E-state index contributed by atoms with van der Waals surface area (Å²) in [7, 11) is 0. The molecular formula is C70H61Cl4F24N7O12. The van der Waals surface area contributed by atoms with Gasteiger partial charge >= 0.3 is 79.3 Å². The monoisotopic (exact) mass is 1790 g/mol. The number of benzene rings is 6. The molecule has 3 amide bonds. The first kappa shape index (κ1) is 100.0. The predicted octanol–water partition coefficient (Wildman–Crippen LogP) is 18.0. The van der Waals surface area contributed by atoms with E-state index in [4.69, 9.17) is 61.7 Å². The van der Waals surface area contributed by atoms with E-state index in [1.54, 1.807) is 0 Å². The summed E-state index contributed by atoms with van der Waals surface area (Å²) in [6.07, 6.45) is -36.6. The Bertz CT molecular complexity index is 4320. The zero-order valence-electron chi connectivity index (χ0n) is 59.3. The van der Waals surface area contributed by atoms with E-state index in [0.29, 0.717) is 66.4 Å². The summed E-state index contributed by atoms with van der Waals surface area (Å²) in [5.41, 5.74) is -13.2. The van der Waals surface area contributed by atoms with Gasteiger partial charge < -0.3 is 36.0 Å². The number of esters is 2. The van der Waals surface area contributed by atoms with Crippen LogP contribution in [-0.2, 0) is 119 Å². The van der Waals surface area contributed by atoms with Gasteiger partial charge in [-0.2, -0.15) is 105 Å². The largest absolute Gasteiger partial charge is 0.480 e. The minimum atomic E-state index is -5.06. The van der Waals surface area contributed by atoms with E-state index in [1.165, 1.54) is 36.4 Å². The number of ether oxygens (including phenoxy) is 1. The van der Waals surface area contributed by atoms with Crippen LogP contribution in [0.2, 0.25) is 20.1 Å². The fourth-order valence-electron chi connectivity index (χ4n) is 10.3. The quantitative estimate of drug-likeness (QED) is 0.0121. The molecule has 0 aliphatic carbocycles. The number of alkyl halides is 24. The molecule has 644 valence electrons. The van der Waals surface area contributed by atoms with Crippen molar-refractivity contribution in [3.05, 3.63) is 196 Å². The molecule has 6 N–H and O–H groups in total. The molecule has 47 heteroatoms. The third-order valence-electron chi connectivity index (χ3n) is 15.1. The van der Waals surface area contributed by atoms with Crippen LogP contribution in [-0.4, -0.2) is 141 Å². The van der Waals surface area contributed by atoms with E-state index in [2.05, 4.69) is 20.7 Å². The molecule has 1 heterocycles. The number of hydrogen-bond donors (Lipinski definition) is 6. The highest BCUT2D eigenvalue weighted by atomic mass is 35.5. The Morgan fingerprint density at radius 3 is 0.897 bits per heavy atom. The van der Waals surface area contributed by atoms with Crippen molar-refractivity contribution in [3.63, 3.8) is 0 Å². The molecular weight excluding hydrogens is 1730 g/mol. The van der Waals surface area contributed by atoms with Crippen molar-refractivity contribution in [2.24, 2.45) is 0 Å². The summed E-state index contributed by atoms with van der Waals surface area (Å²) in [6.45, 7) is -4.82. The van der Waals surface area contributed by atoms with Gasteiger partial charge in [0, 0.05) is 44.1 Å². The predicted molar refractivity (Wildman–Crippen MR) is 368 cm³/mol. The number of unbranched alkanes of at least 4 members (excludes halogenated alkanes) is 3. The van der Waals surface area contributed by atoms with Crippen molar-refractivity contribution in [2.75, 3.05) is 69.5 Å². The molecule has 1 aliphatic heterocycles. The summed E-state index contributed by atoms with van der Waals surface area (Å²) in [6, 6.07) is 12.3. The number of carbonyl (C=O) groups is 8. The third-order valence-corrected chi connectivity index (χ3v) is 16.6. The molecule has 19 nitrogen and oxygen atoms in total. The summed E-state index contributed by atoms with van der Waals surface area (Å²) in [5.74, 6) is -8.16. The Hall–Kier alpha value is -9.40. The number of rotatable bonds is 27. The molecule has 0 aromatic heterocycles. The smallest absolute Gasteiger partial charge is 0.416 e. The molecule has 117 heavy (non-hydrogen) atoms. The topological polar surface area (TPSA) is 256 Å². The fraction of sp³-hybridized carbons (Fsp3) is 0.371. The number of carboxylic acid groups (broad SMARTS) is 3. The number of nitrogens with one attached hydrogen (secondary N) is 3. The first-order valence-corrected chi connectivity index (χ1v) is 34.3. The highest BCUT2D eigenvalue weighted by Crippen LogP contribution is 2.42. The van der Waals surface area contributed by atoms with Crippen molar-refractivity contribution in [3.8, 4) is 0 Å². The lowest BCUT2D eigenvalue weighted by Gasteiger charge is -2.24. The van der Waals surface area contributed by atoms with Gasteiger partial charge in [-0.15, -0.1) is 0 Å². The van der Waals surface area contributed by atoms with Crippen molar-refractivity contribution in [1.29, 1.82) is 0 Å². The molecule has 1 saturated heterocycles. The summed E-state index contributed by atoms with van der Waals surface area (Å²) in [5, 5.41) is 34.6. The Kier molecular flexibility index (Phi) is 36.2. The fourth-order valence-corrected chi connectivity index (χ4v) is 10.9. The van der Waals surface area contributed by atoms with E-state index in [1.807, 2.05) is 6.92 Å². The SMILES string of the molecule is CCCCCCNC(=O)CN(CC(=O)Nc1ccc(Cl)c(Cl)c1)Cc1cc(C(F)(F)F)cc(C(F)(F)F)c1.O=C(O)CN(CC(=O)Nc1ccc(Cl)c(Cl)c1)Cc1cc(C(F)(F)F)cc(C(F)(F)F)c1.O=C(O)CN(CC(=O)O)Cc1cc(C(F)(F)F)cc(C(F)(F)F)c1.O=C1CN(Cc2cc(C(F)(F)F)cc(C(F)(F)F)c2)CC(=O)O1. The molecule has 7 rings (SSSR count). The minimum absolute atomic E-state index is 0.0130. The maximum absolute atomic E-state index is 13.3. The molecule has 6 aromatic carbocycles. The highest BCUT2D eigenvalue weighted by molar-refractivity contribution is 6.42. The molecule has 0 unspecified atom stereocenters. The van der Waals surface area contributed by atoms with Crippen molar-refractivity contribution in [2.45, 2.75) is 108 Å². The summed E-state index contributed by atoms with van der Waals surface area (Å²) in [4.78, 5) is 95.8. The molecule has 1 aliphatic rings. The van der Waals surface area contributed by atoms with Crippen LogP contribution < -0.4 is 16.0 Å². The number of cyclic esters (lactones) is 2. The lowest BCUT2D eigenvalue weighted by Crippen LogP contribution is -2.42. The zero-order chi connectivity index (χ0) is 88.9. The second kappa shape index (κ2) is 42.3. The third kappa shape index (κ3) is 36.2. The number of hydrogen-bond acceptors (Lipinski definition) is 13. The Balaban J connectivity index is 0.000000335. The van der Waals surface area contributed by atoms with Gasteiger partial charge in [0.05, 0.1) is 117 Å². The zero-order valence-corrected chi connectivity index (χ0v) is 62.3. The van der Waals surface area contributed by atoms with Crippen LogP contribution >= 0.6 is 46.4 Å². The van der Waals surface area contributed by atoms with E-state index >= 15 is 0 Å². The lowest BCUT2D eigenvalue weighted by atomic mass is 10.0. The summed E-state index contributed by atoms with van der Waals surface area (Å²) >= 11 is 23.4. The average molecular weight is 1790 g/mol. The van der Waals surface area contributed by atoms with Crippen LogP contribution in [0.1, 0.15) is 99.4 Å². The van der Waals surface area contributed by atoms with Gasteiger partial charge in [-0.25, -0.2) is 0 Å². The van der Waals surface area contributed by atoms with Crippen LogP contribution in [0.3, 0.4) is 0 Å². The van der Waals surface area contributed by atoms with E-state index in [9.17, 15) is 144 Å². The van der Waals surface area contributed by atoms with Gasteiger partial charge in [-0.05, 0) is 138 Å². The number of morpholine rings is 1. The molecule has 0 spiro atoms. The second-order valence-electron chi connectivity index (χ2n) is 25.0. The first-order valence-electron chi connectivity index (χ1n) is 32.8. The maximum atomic E-state index is 13.3. The van der Waals surface area contributed by atoms with Crippen molar-refractivity contribution >= 4 is 105 Å². The van der Waals surface area contributed by atoms with Gasteiger partial charge in [-0.1, -0.05) is 72.6 Å². The Morgan fingerprint density at radius 2 is 0.632 bits per heavy atom. The molecule has 0 saturated carbocycles. The number of aliphatic carboxylic acids is 3. The summed E-state index contributed by atoms with van der Waals surface area (Å²) < 4.78 is 315. The molecule has 1 fully saturated rings. The maximum Gasteiger partial charge on any atom is 0.416 e. The van der Waals surface area contributed by atoms with Gasteiger partial charge in [0.15, 0.2) is 0 Å². The molecule has 0 radical (unpaired) electrons. The van der Waals surface area contributed by atoms with Crippen LogP contribution in [0.4, 0.5) is 117 Å². The Labute approximate surface area is 665 Å². The van der Waals surface area contributed by atoms with Gasteiger partial charge in [0.25, 0.3) is 0 Å². The normalized spacial score (nSPS) is 13.2. The molecule has 0 atom stereocenters. The van der Waals surface area contributed by atoms with Crippen LogP contribution in [0.15, 0.2) is 109 Å². The van der Waals surface area contributed by atoms with Crippen molar-refractivity contribution in [1.82, 2.24) is 24.9 Å². The number of amides is 3. The number of carboxylic acids is 3. The van der Waals surface area contributed by atoms with Gasteiger partial charge in [-0.3, -0.25) is 58.0 Å². The van der Waals surface area contributed by atoms with E-state index < -0.39 is 231 Å². The number of nitrogens with zero attached hydrogens (tertiary/aromatic N) is 4. The minimum Gasteiger partial charge on any atom is -0.480 e. The number of anilines is 2. The Morgan fingerprint density at radius 1 is 0.368 bits per heavy atom. The lowest BCUT2D eigenvalue weighted by molar-refractivity contribution is -0.167. The standard InChI is InChI=1S/C25H27Cl2F6N3O2.C19H14Cl2F6N2O3.C13H11F6NO4.C13H9F6NO3/c1-2-3-4-5-8-34-22(37)14-36(15-23(38)35-19-6-7-20(26)21(27)12-19)13-16-9-17(24(28,29)30)11-18(10-16)25(31,32)33;20-14-2-1-13(6-15(14)21)28-16(30)8-29(9-17(31)32)7-10-3-11(18(22,23)24)5-12(4-10)19(25,26)27;14-12(15,16)8-1-7(2-9(3-8)13(17,18)19)4-20(5-10(21)22)6-11(23)24;14-12(15,16)8-1-7(2-9(3-8)13(17,18)19)4-20-5-10(21)23-11(22)6-20/h6-7,9-12H,2-5,8,13-15H2,1H3,(H,34,37)(H,35,38);1-6H,7-9H2,(H,28,30)(H,31,32);1-3H,4-6H2,(H,21,22)(H,23,24);1-3H,4-6H2. The number of carbonyl (C=O) groups excluding carboxylic acids is 5. The van der Waals surface area contributed by atoms with Gasteiger partial charge in [0.1, 0.15) is 0 Å². The number of halogens is 28. The highest BCUT2D eigenvalue weighted by Gasteiger charge is 2.42. The average Bonchev–Trinajstić information content (AvgIpc) is 0.816.